The van der Waals surface area contributed by atoms with E-state index >= 15 is 0 Å². The van der Waals surface area contributed by atoms with Gasteiger partial charge in [0.1, 0.15) is 47.9 Å². The molecule has 0 saturated carbocycles. The van der Waals surface area contributed by atoms with Gasteiger partial charge in [-0.1, -0.05) is 12.1 Å². The van der Waals surface area contributed by atoms with Gasteiger partial charge in [-0.3, -0.25) is 4.79 Å². The van der Waals surface area contributed by atoms with Crippen molar-refractivity contribution >= 4 is 23.9 Å². The number of epoxide rings is 1. The zero-order valence-electron chi connectivity index (χ0n) is 27.3. The first-order chi connectivity index (χ1) is 23.5. The highest BCUT2D eigenvalue weighted by Gasteiger charge is 2.40. The smallest absolute Gasteiger partial charge is 0.343 e. The summed E-state index contributed by atoms with van der Waals surface area (Å²) in [4.78, 5) is 50.2. The van der Waals surface area contributed by atoms with E-state index in [0.29, 0.717) is 36.5 Å². The van der Waals surface area contributed by atoms with E-state index in [1.807, 2.05) is 6.92 Å². The third-order valence-corrected chi connectivity index (χ3v) is 7.53. The van der Waals surface area contributed by atoms with Crippen LogP contribution >= 0.6 is 0 Å². The van der Waals surface area contributed by atoms with Crippen LogP contribution in [0.2, 0.25) is 0 Å². The summed E-state index contributed by atoms with van der Waals surface area (Å²) in [5.41, 5.74) is 2.00. The molecule has 1 fully saturated rings. The molecule has 5 rings (SSSR count). The first-order valence-electron chi connectivity index (χ1n) is 15.6. The lowest BCUT2D eigenvalue weighted by molar-refractivity contribution is -0.134. The summed E-state index contributed by atoms with van der Waals surface area (Å²) in [7, 11) is 0. The van der Waals surface area contributed by atoms with Crippen LogP contribution in [0.3, 0.4) is 0 Å². The maximum Gasteiger partial charge on any atom is 0.343 e. The molecule has 1 N–H and O–H groups in total. The van der Waals surface area contributed by atoms with E-state index in [2.05, 4.69) is 0 Å². The van der Waals surface area contributed by atoms with E-state index in [-0.39, 0.29) is 47.0 Å². The molecule has 49 heavy (non-hydrogen) atoms. The maximum atomic E-state index is 12.8. The highest BCUT2D eigenvalue weighted by Crippen LogP contribution is 2.27. The molecule has 0 bridgehead atoms. The molecule has 4 aromatic rings. The van der Waals surface area contributed by atoms with E-state index in [0.717, 1.165) is 5.56 Å². The highest BCUT2D eigenvalue weighted by atomic mass is 16.6. The number of esters is 4. The van der Waals surface area contributed by atoms with E-state index in [1.54, 1.807) is 68.4 Å². The molecule has 4 aromatic carbocycles. The second-order valence-corrected chi connectivity index (χ2v) is 11.9. The summed E-state index contributed by atoms with van der Waals surface area (Å²) in [6.45, 7) is 6.13. The second-order valence-electron chi connectivity index (χ2n) is 11.9. The topological polar surface area (TPSA) is 147 Å². The summed E-state index contributed by atoms with van der Waals surface area (Å²) in [6.07, 6.45) is -0.156. The predicted octanol–water partition coefficient (Wildman–Crippen LogP) is 6.03. The molecule has 0 radical (unpaired) electrons. The Morgan fingerprint density at radius 2 is 1.41 bits per heavy atom. The number of rotatable bonds is 14. The number of hydrogen-bond acceptors (Lipinski definition) is 11. The third-order valence-electron chi connectivity index (χ3n) is 7.53. The van der Waals surface area contributed by atoms with Crippen molar-refractivity contribution < 1.29 is 52.7 Å². The molecule has 11 nitrogen and oxygen atoms in total. The normalized spacial score (nSPS) is 15.4. The lowest BCUT2D eigenvalue weighted by Gasteiger charge is -2.15. The largest absolute Gasteiger partial charge is 0.508 e. The average Bonchev–Trinajstić information content (AvgIpc) is 3.83. The average molecular weight is 669 g/mol. The van der Waals surface area contributed by atoms with Crippen LogP contribution in [-0.2, 0) is 25.4 Å². The highest BCUT2D eigenvalue weighted by molar-refractivity contribution is 5.93. The Morgan fingerprint density at radius 3 is 2.04 bits per heavy atom. The van der Waals surface area contributed by atoms with Crippen molar-refractivity contribution in [1.82, 2.24) is 0 Å². The monoisotopic (exact) mass is 668 g/mol. The molecule has 1 saturated heterocycles. The van der Waals surface area contributed by atoms with Gasteiger partial charge in [0.15, 0.2) is 0 Å². The van der Waals surface area contributed by atoms with Crippen LogP contribution in [-0.4, -0.2) is 60.5 Å². The molecule has 1 aliphatic heterocycles. The van der Waals surface area contributed by atoms with Gasteiger partial charge in [0, 0.05) is 6.42 Å². The molecule has 11 heteroatoms. The van der Waals surface area contributed by atoms with Crippen LogP contribution in [0.15, 0.2) is 91.0 Å². The minimum atomic E-state index is -0.753. The van der Waals surface area contributed by atoms with Crippen molar-refractivity contribution in [1.29, 1.82) is 0 Å². The number of benzene rings is 4. The van der Waals surface area contributed by atoms with Gasteiger partial charge in [-0.15, -0.1) is 0 Å². The Labute approximate surface area is 283 Å². The Kier molecular flexibility index (Phi) is 10.9. The van der Waals surface area contributed by atoms with E-state index in [4.69, 9.17) is 28.4 Å². The third kappa shape index (κ3) is 10.2. The number of ether oxygens (including phenoxy) is 6. The molecule has 0 amide bonds. The molecular formula is C38H36O11. The summed E-state index contributed by atoms with van der Waals surface area (Å²) in [5, 5.41) is 9.36. The van der Waals surface area contributed by atoms with Crippen LogP contribution in [0.5, 0.6) is 23.0 Å². The van der Waals surface area contributed by atoms with E-state index < -0.39 is 30.0 Å². The molecule has 1 heterocycles. The first-order valence-corrected chi connectivity index (χ1v) is 15.6. The molecule has 1 aliphatic rings. The molecule has 2 unspecified atom stereocenters. The lowest BCUT2D eigenvalue weighted by atomic mass is 10.1. The zero-order valence-corrected chi connectivity index (χ0v) is 27.3. The molecule has 254 valence electrons. The SMILES string of the molecule is Cc1cc(OC(=O)c2ccc(OCC3(C)CO3)cc2)ccc1C(=O)OCC(C)OC(=O)c1ccc(OC(=O)CCc2ccc(O)cc2)cc1. The number of carbonyl (C=O) groups is 4. The number of aryl methyl sites for hydroxylation is 2. The second kappa shape index (κ2) is 15.5. The summed E-state index contributed by atoms with van der Waals surface area (Å²) < 4.78 is 32.6. The van der Waals surface area contributed by atoms with Crippen molar-refractivity contribution in [2.45, 2.75) is 45.3 Å². The molecule has 0 aliphatic carbocycles. The number of carbonyl (C=O) groups excluding carboxylic acids is 4. The Hall–Kier alpha value is -5.68. The van der Waals surface area contributed by atoms with Gasteiger partial charge in [0.2, 0.25) is 0 Å². The zero-order chi connectivity index (χ0) is 35.0. The molecule has 2 atom stereocenters. The maximum absolute atomic E-state index is 12.8. The van der Waals surface area contributed by atoms with Gasteiger partial charge in [-0.25, -0.2) is 14.4 Å². The van der Waals surface area contributed by atoms with Gasteiger partial charge in [-0.05, 0) is 117 Å². The summed E-state index contributed by atoms with van der Waals surface area (Å²) in [6, 6.07) is 23.6. The van der Waals surface area contributed by atoms with Crippen molar-refractivity contribution in [2.24, 2.45) is 0 Å². The van der Waals surface area contributed by atoms with Gasteiger partial charge in [-0.2, -0.15) is 0 Å². The van der Waals surface area contributed by atoms with Crippen molar-refractivity contribution in [2.75, 3.05) is 19.8 Å². The van der Waals surface area contributed by atoms with Gasteiger partial charge in [0.25, 0.3) is 0 Å². The summed E-state index contributed by atoms with van der Waals surface area (Å²) in [5.74, 6) is -0.964. The van der Waals surface area contributed by atoms with Crippen LogP contribution in [0.4, 0.5) is 0 Å². The van der Waals surface area contributed by atoms with Gasteiger partial charge in [0.05, 0.1) is 23.3 Å². The van der Waals surface area contributed by atoms with Crippen LogP contribution in [0.1, 0.15) is 62.5 Å². The van der Waals surface area contributed by atoms with Crippen LogP contribution in [0, 0.1) is 6.92 Å². The predicted molar refractivity (Wildman–Crippen MR) is 176 cm³/mol. The van der Waals surface area contributed by atoms with Gasteiger partial charge >= 0.3 is 23.9 Å². The van der Waals surface area contributed by atoms with Crippen molar-refractivity contribution in [3.05, 3.63) is 119 Å². The number of phenols is 1. The Bertz CT molecular complexity index is 1790. The van der Waals surface area contributed by atoms with Crippen LogP contribution in [0.25, 0.3) is 0 Å². The molecule has 0 spiro atoms. The Balaban J connectivity index is 1.03. The minimum absolute atomic E-state index is 0.143. The van der Waals surface area contributed by atoms with Crippen molar-refractivity contribution in [3.8, 4) is 23.0 Å². The fourth-order valence-electron chi connectivity index (χ4n) is 4.53. The lowest BCUT2D eigenvalue weighted by Crippen LogP contribution is -2.22. The minimum Gasteiger partial charge on any atom is -0.508 e. The van der Waals surface area contributed by atoms with Gasteiger partial charge < -0.3 is 33.5 Å². The number of hydrogen-bond donors (Lipinski definition) is 1. The van der Waals surface area contributed by atoms with E-state index in [1.165, 1.54) is 36.4 Å². The fourth-order valence-corrected chi connectivity index (χ4v) is 4.53. The Morgan fingerprint density at radius 1 is 0.796 bits per heavy atom. The fraction of sp³-hybridized carbons (Fsp3) is 0.263. The number of phenolic OH excluding ortho intramolecular Hbond substituents is 1. The first kappa shape index (κ1) is 34.6. The molecule has 0 aromatic heterocycles. The summed E-state index contributed by atoms with van der Waals surface area (Å²) >= 11 is 0. The van der Waals surface area contributed by atoms with Crippen molar-refractivity contribution in [3.63, 3.8) is 0 Å². The molecular weight excluding hydrogens is 632 g/mol. The number of aromatic hydroxyl groups is 1. The standard InChI is InChI=1S/C38H36O11/c1-24-20-32(49-36(42)28-7-13-30(14-8-28)45-22-38(3)23-46-38)17-18-33(24)37(43)44-21-25(2)47-35(41)27-9-15-31(16-10-27)48-34(40)19-6-26-4-11-29(39)12-5-26/h4-5,7-18,20,25,39H,6,19,21-23H2,1-3H3. The quantitative estimate of drug-likeness (QED) is 0.0955. The van der Waals surface area contributed by atoms with Crippen LogP contribution < -0.4 is 14.2 Å². The van der Waals surface area contributed by atoms with E-state index in [9.17, 15) is 24.3 Å².